The molecule has 156 valence electrons. The van der Waals surface area contributed by atoms with Gasteiger partial charge < -0.3 is 14.7 Å². The first kappa shape index (κ1) is 24.1. The number of carbonyl (C=O) groups excluding carboxylic acids is 3. The maximum Gasteiger partial charge on any atom is 0.226 e. The van der Waals surface area contributed by atoms with Crippen molar-refractivity contribution in [3.8, 4) is 0 Å². The van der Waals surface area contributed by atoms with Gasteiger partial charge in [0.25, 0.3) is 0 Å². The van der Waals surface area contributed by atoms with Gasteiger partial charge in [-0.1, -0.05) is 33.6 Å². The van der Waals surface area contributed by atoms with Gasteiger partial charge in [-0.05, 0) is 17.9 Å². The fourth-order valence-electron chi connectivity index (χ4n) is 2.83. The van der Waals surface area contributed by atoms with Gasteiger partial charge in [-0.15, -0.1) is 0 Å². The van der Waals surface area contributed by atoms with Crippen molar-refractivity contribution in [2.75, 3.05) is 43.0 Å². The largest absolute Gasteiger partial charge is 0.307 e. The molecule has 3 amide bonds. The van der Waals surface area contributed by atoms with E-state index in [2.05, 4.69) is 20.8 Å². The second kappa shape index (κ2) is 14.2. The van der Waals surface area contributed by atoms with Crippen molar-refractivity contribution in [2.45, 2.75) is 59.3 Å². The fraction of sp³-hybridized carbons (Fsp3) is 0.842. The summed E-state index contributed by atoms with van der Waals surface area (Å²) in [5.41, 5.74) is 0. The van der Waals surface area contributed by atoms with Crippen molar-refractivity contribution < 1.29 is 14.4 Å². The van der Waals surface area contributed by atoms with Crippen LogP contribution in [-0.2, 0) is 14.4 Å². The zero-order chi connectivity index (χ0) is 20.1. The van der Waals surface area contributed by atoms with E-state index in [1.54, 1.807) is 38.2 Å². The van der Waals surface area contributed by atoms with E-state index >= 15 is 0 Å². The van der Waals surface area contributed by atoms with Crippen molar-refractivity contribution in [3.05, 3.63) is 0 Å². The maximum absolute atomic E-state index is 12.6. The molecule has 1 saturated heterocycles. The minimum atomic E-state index is 0.0164. The lowest BCUT2D eigenvalue weighted by molar-refractivity contribution is -0.158. The lowest BCUT2D eigenvalue weighted by Gasteiger charge is -2.42. The number of thioether (sulfide) groups is 2. The van der Waals surface area contributed by atoms with Crippen LogP contribution < -0.4 is 0 Å². The standard InChI is InChI=1S/C19H35N3O3S2/c1-4-7-8-9-17(23)20-14-21(18(24)10-12-26-5-2)16-22(15-20)19(25)11-13-27-6-3/h4-16H2,1-3H3. The number of rotatable bonds is 12. The van der Waals surface area contributed by atoms with E-state index in [1.807, 2.05) is 0 Å². The number of unbranched alkanes of at least 4 members (excludes halogenated alkanes) is 2. The predicted molar refractivity (Wildman–Crippen MR) is 115 cm³/mol. The van der Waals surface area contributed by atoms with Gasteiger partial charge in [0.05, 0.1) is 20.0 Å². The number of carbonyl (C=O) groups is 3. The first-order valence-corrected chi connectivity index (χ1v) is 12.3. The quantitative estimate of drug-likeness (QED) is 0.456. The maximum atomic E-state index is 12.6. The average molecular weight is 418 g/mol. The molecular formula is C19H35N3O3S2. The summed E-state index contributed by atoms with van der Waals surface area (Å²) in [6.07, 6.45) is 4.32. The Morgan fingerprint density at radius 1 is 0.667 bits per heavy atom. The van der Waals surface area contributed by atoms with Crippen LogP contribution in [0.2, 0.25) is 0 Å². The molecule has 0 saturated carbocycles. The van der Waals surface area contributed by atoms with Gasteiger partial charge in [0.2, 0.25) is 17.7 Å². The molecule has 6 nitrogen and oxygen atoms in total. The highest BCUT2D eigenvalue weighted by Gasteiger charge is 2.31. The Morgan fingerprint density at radius 2 is 1.07 bits per heavy atom. The Morgan fingerprint density at radius 3 is 1.44 bits per heavy atom. The van der Waals surface area contributed by atoms with E-state index in [0.717, 1.165) is 42.3 Å². The zero-order valence-corrected chi connectivity index (χ0v) is 18.7. The van der Waals surface area contributed by atoms with Gasteiger partial charge in [0.1, 0.15) is 0 Å². The van der Waals surface area contributed by atoms with Crippen molar-refractivity contribution in [1.29, 1.82) is 0 Å². The highest BCUT2D eigenvalue weighted by Crippen LogP contribution is 2.15. The fourth-order valence-corrected chi connectivity index (χ4v) is 4.05. The van der Waals surface area contributed by atoms with Crippen LogP contribution in [-0.4, -0.2) is 75.4 Å². The van der Waals surface area contributed by atoms with Crippen LogP contribution in [0.4, 0.5) is 0 Å². The second-order valence-corrected chi connectivity index (χ2v) is 9.36. The SMILES string of the molecule is CCCCCC(=O)N1CN(C(=O)CCSCC)CN(C(=O)CCSCC)C1. The van der Waals surface area contributed by atoms with E-state index in [-0.39, 0.29) is 17.7 Å². The summed E-state index contributed by atoms with van der Waals surface area (Å²) >= 11 is 3.46. The molecule has 8 heteroatoms. The van der Waals surface area contributed by atoms with Crippen LogP contribution in [0, 0.1) is 0 Å². The Hall–Kier alpha value is -0.890. The molecule has 0 N–H and O–H groups in total. The summed E-state index contributed by atoms with van der Waals surface area (Å²) in [4.78, 5) is 42.7. The molecule has 0 unspecified atom stereocenters. The molecule has 0 bridgehead atoms. The monoisotopic (exact) mass is 417 g/mol. The van der Waals surface area contributed by atoms with Gasteiger partial charge in [0.15, 0.2) is 0 Å². The Kier molecular flexibility index (Phi) is 12.7. The van der Waals surface area contributed by atoms with Crippen LogP contribution in [0.5, 0.6) is 0 Å². The molecule has 1 aliphatic heterocycles. The van der Waals surface area contributed by atoms with Crippen molar-refractivity contribution in [3.63, 3.8) is 0 Å². The van der Waals surface area contributed by atoms with Crippen molar-refractivity contribution in [1.82, 2.24) is 14.7 Å². The number of amides is 3. The highest BCUT2D eigenvalue weighted by molar-refractivity contribution is 7.99. The average Bonchev–Trinajstić information content (AvgIpc) is 2.67. The third-order valence-electron chi connectivity index (χ3n) is 4.41. The third kappa shape index (κ3) is 9.23. The Bertz CT molecular complexity index is 405. The van der Waals surface area contributed by atoms with E-state index in [0.29, 0.717) is 39.3 Å². The molecule has 0 aliphatic carbocycles. The summed E-state index contributed by atoms with van der Waals surface area (Å²) < 4.78 is 0. The molecule has 1 fully saturated rings. The van der Waals surface area contributed by atoms with Gasteiger partial charge in [-0.3, -0.25) is 14.4 Å². The summed E-state index contributed by atoms with van der Waals surface area (Å²) in [7, 11) is 0. The molecule has 1 heterocycles. The van der Waals surface area contributed by atoms with E-state index in [9.17, 15) is 14.4 Å². The van der Waals surface area contributed by atoms with E-state index in [4.69, 9.17) is 0 Å². The van der Waals surface area contributed by atoms with Crippen LogP contribution in [0.15, 0.2) is 0 Å². The summed E-state index contributed by atoms with van der Waals surface area (Å²) in [5, 5.41) is 0. The smallest absolute Gasteiger partial charge is 0.226 e. The van der Waals surface area contributed by atoms with E-state index < -0.39 is 0 Å². The minimum Gasteiger partial charge on any atom is -0.307 e. The van der Waals surface area contributed by atoms with Gasteiger partial charge in [-0.2, -0.15) is 23.5 Å². The molecule has 0 aromatic heterocycles. The van der Waals surface area contributed by atoms with Crippen LogP contribution >= 0.6 is 23.5 Å². The topological polar surface area (TPSA) is 60.9 Å². The van der Waals surface area contributed by atoms with Crippen molar-refractivity contribution >= 4 is 41.2 Å². The number of nitrogens with zero attached hydrogens (tertiary/aromatic N) is 3. The van der Waals surface area contributed by atoms with Gasteiger partial charge >= 0.3 is 0 Å². The molecule has 27 heavy (non-hydrogen) atoms. The molecule has 0 aromatic rings. The predicted octanol–water partition coefficient (Wildman–Crippen LogP) is 3.23. The summed E-state index contributed by atoms with van der Waals surface area (Å²) in [5.74, 6) is 3.58. The molecular weight excluding hydrogens is 382 g/mol. The molecule has 0 aromatic carbocycles. The molecule has 1 aliphatic rings. The number of hydrogen-bond acceptors (Lipinski definition) is 5. The van der Waals surface area contributed by atoms with Crippen LogP contribution in [0.1, 0.15) is 59.3 Å². The van der Waals surface area contributed by atoms with Crippen molar-refractivity contribution in [2.24, 2.45) is 0 Å². The molecule has 0 spiro atoms. The van der Waals surface area contributed by atoms with E-state index in [1.165, 1.54) is 0 Å². The zero-order valence-electron chi connectivity index (χ0n) is 17.1. The second-order valence-electron chi connectivity index (χ2n) is 6.58. The van der Waals surface area contributed by atoms with Crippen LogP contribution in [0.25, 0.3) is 0 Å². The summed E-state index contributed by atoms with van der Waals surface area (Å²) in [6, 6.07) is 0. The normalized spacial score (nSPS) is 14.6. The first-order valence-electron chi connectivity index (χ1n) is 10.0. The molecule has 0 radical (unpaired) electrons. The Labute approximate surface area is 172 Å². The highest BCUT2D eigenvalue weighted by atomic mass is 32.2. The Balaban J connectivity index is 2.71. The van der Waals surface area contributed by atoms with Gasteiger partial charge in [-0.25, -0.2) is 0 Å². The van der Waals surface area contributed by atoms with Gasteiger partial charge in [0, 0.05) is 30.8 Å². The minimum absolute atomic E-state index is 0.0164. The molecule has 1 rings (SSSR count). The molecule has 0 atom stereocenters. The third-order valence-corrected chi connectivity index (χ3v) is 6.21. The van der Waals surface area contributed by atoms with Crippen LogP contribution in [0.3, 0.4) is 0 Å². The first-order chi connectivity index (χ1) is 13.0. The number of hydrogen-bond donors (Lipinski definition) is 0. The lowest BCUT2D eigenvalue weighted by Crippen LogP contribution is -2.59. The summed E-state index contributed by atoms with van der Waals surface area (Å²) in [6.45, 7) is 7.14. The lowest BCUT2D eigenvalue weighted by atomic mass is 10.2.